The zero-order valence-electron chi connectivity index (χ0n) is 11.9. The third-order valence-electron chi connectivity index (χ3n) is 3.16. The number of hydrogen-bond acceptors (Lipinski definition) is 3. The van der Waals surface area contributed by atoms with Crippen molar-refractivity contribution in [3.8, 4) is 0 Å². The van der Waals surface area contributed by atoms with Crippen LogP contribution < -0.4 is 5.32 Å². The number of unbranched alkanes of at least 4 members (excludes halogenated alkanes) is 1. The Balaban J connectivity index is 2.18. The summed E-state index contributed by atoms with van der Waals surface area (Å²) >= 11 is 1.80. The fraction of sp³-hybridized carbons (Fsp3) is 0.600. The van der Waals surface area contributed by atoms with Crippen LogP contribution in [-0.4, -0.2) is 44.9 Å². The Labute approximate surface area is 116 Å². The Bertz CT molecular complexity index is 311. The van der Waals surface area contributed by atoms with Crippen LogP contribution in [0.3, 0.4) is 0 Å². The molecule has 0 saturated heterocycles. The van der Waals surface area contributed by atoms with Gasteiger partial charge >= 0.3 is 0 Å². The van der Waals surface area contributed by atoms with Crippen LogP contribution in [-0.2, 0) is 6.42 Å². The van der Waals surface area contributed by atoms with E-state index in [1.807, 2.05) is 7.05 Å². The number of nitrogens with zero attached hydrogens (tertiary/aromatic N) is 1. The van der Waals surface area contributed by atoms with Gasteiger partial charge in [0.1, 0.15) is 0 Å². The highest BCUT2D eigenvalue weighted by Crippen LogP contribution is 2.15. The molecule has 0 radical (unpaired) electrons. The quantitative estimate of drug-likeness (QED) is 0.546. The van der Waals surface area contributed by atoms with Crippen molar-refractivity contribution in [1.82, 2.24) is 10.2 Å². The second-order valence-electron chi connectivity index (χ2n) is 4.71. The molecule has 0 aliphatic carbocycles. The highest BCUT2D eigenvalue weighted by atomic mass is 32.2. The van der Waals surface area contributed by atoms with Crippen molar-refractivity contribution in [2.24, 2.45) is 0 Å². The first-order valence-electron chi connectivity index (χ1n) is 6.72. The van der Waals surface area contributed by atoms with Crippen LogP contribution >= 0.6 is 11.8 Å². The van der Waals surface area contributed by atoms with Crippen LogP contribution in [0.2, 0.25) is 0 Å². The molecule has 1 aromatic rings. The molecule has 0 bridgehead atoms. The van der Waals surface area contributed by atoms with Crippen LogP contribution in [0.25, 0.3) is 0 Å². The number of thioether (sulfide) groups is 1. The van der Waals surface area contributed by atoms with Gasteiger partial charge in [-0.25, -0.2) is 0 Å². The molecule has 0 atom stereocenters. The fourth-order valence-corrected chi connectivity index (χ4v) is 2.32. The van der Waals surface area contributed by atoms with Gasteiger partial charge in [0.05, 0.1) is 0 Å². The fourth-order valence-electron chi connectivity index (χ4n) is 1.91. The van der Waals surface area contributed by atoms with Gasteiger partial charge in [0.15, 0.2) is 0 Å². The average Bonchev–Trinajstić information content (AvgIpc) is 2.42. The third kappa shape index (κ3) is 6.43. The summed E-state index contributed by atoms with van der Waals surface area (Å²) < 4.78 is 0. The normalized spacial score (nSPS) is 11.1. The molecule has 0 aromatic heterocycles. The summed E-state index contributed by atoms with van der Waals surface area (Å²) in [5, 5.41) is 3.19. The number of benzene rings is 1. The van der Waals surface area contributed by atoms with Crippen LogP contribution in [0.4, 0.5) is 0 Å². The number of rotatable bonds is 9. The molecule has 0 heterocycles. The maximum absolute atomic E-state index is 3.19. The lowest BCUT2D eigenvalue weighted by molar-refractivity contribution is 0.329. The maximum atomic E-state index is 3.19. The predicted octanol–water partition coefficient (Wildman–Crippen LogP) is 2.88. The van der Waals surface area contributed by atoms with Gasteiger partial charge in [-0.05, 0) is 70.4 Å². The first-order valence-corrected chi connectivity index (χ1v) is 7.95. The van der Waals surface area contributed by atoms with E-state index in [9.17, 15) is 0 Å². The van der Waals surface area contributed by atoms with Crippen molar-refractivity contribution in [2.45, 2.75) is 24.2 Å². The molecule has 0 unspecified atom stereocenters. The van der Waals surface area contributed by atoms with E-state index in [0.717, 1.165) is 19.5 Å². The van der Waals surface area contributed by atoms with Gasteiger partial charge in [-0.3, -0.25) is 0 Å². The molecule has 0 amide bonds. The van der Waals surface area contributed by atoms with Crippen LogP contribution in [0.1, 0.15) is 18.4 Å². The Morgan fingerprint density at radius 3 is 2.44 bits per heavy atom. The lowest BCUT2D eigenvalue weighted by Crippen LogP contribution is -2.23. The summed E-state index contributed by atoms with van der Waals surface area (Å²) in [5.41, 5.74) is 1.44. The zero-order chi connectivity index (χ0) is 13.2. The Hall–Kier alpha value is -0.510. The summed E-state index contributed by atoms with van der Waals surface area (Å²) in [6.45, 7) is 3.48. The van der Waals surface area contributed by atoms with E-state index in [4.69, 9.17) is 0 Å². The molecular formula is C15H26N2S. The van der Waals surface area contributed by atoms with E-state index in [0.29, 0.717) is 0 Å². The average molecular weight is 266 g/mol. The lowest BCUT2D eigenvalue weighted by atomic mass is 10.1. The van der Waals surface area contributed by atoms with Gasteiger partial charge in [-0.2, -0.15) is 0 Å². The topological polar surface area (TPSA) is 15.3 Å². The minimum absolute atomic E-state index is 1.13. The van der Waals surface area contributed by atoms with Crippen molar-refractivity contribution in [2.75, 3.05) is 40.0 Å². The maximum Gasteiger partial charge on any atom is 0.00693 e. The zero-order valence-corrected chi connectivity index (χ0v) is 12.7. The largest absolute Gasteiger partial charge is 0.320 e. The molecule has 102 valence electrons. The summed E-state index contributed by atoms with van der Waals surface area (Å²) in [6, 6.07) is 8.93. The number of nitrogens with one attached hydrogen (secondary N) is 1. The first kappa shape index (κ1) is 15.5. The molecule has 1 aromatic carbocycles. The summed E-state index contributed by atoms with van der Waals surface area (Å²) in [4.78, 5) is 3.78. The Morgan fingerprint density at radius 1 is 1.11 bits per heavy atom. The van der Waals surface area contributed by atoms with Gasteiger partial charge in [0.25, 0.3) is 0 Å². The highest BCUT2D eigenvalue weighted by Gasteiger charge is 1.99. The molecule has 18 heavy (non-hydrogen) atoms. The van der Waals surface area contributed by atoms with E-state index >= 15 is 0 Å². The summed E-state index contributed by atoms with van der Waals surface area (Å²) in [6.07, 6.45) is 5.82. The van der Waals surface area contributed by atoms with Crippen molar-refractivity contribution in [3.63, 3.8) is 0 Å². The predicted molar refractivity (Wildman–Crippen MR) is 82.6 cm³/mol. The molecule has 1 rings (SSSR count). The monoisotopic (exact) mass is 266 g/mol. The molecule has 0 aliphatic heterocycles. The van der Waals surface area contributed by atoms with Crippen LogP contribution in [0.5, 0.6) is 0 Å². The summed E-state index contributed by atoms with van der Waals surface area (Å²) in [5.74, 6) is 0. The van der Waals surface area contributed by atoms with E-state index in [2.05, 4.69) is 47.8 Å². The van der Waals surface area contributed by atoms with E-state index in [1.54, 1.807) is 11.8 Å². The SMILES string of the molecule is CNCCCCN(C)CCc1ccc(SC)cc1. The first-order chi connectivity index (χ1) is 8.76. The Morgan fingerprint density at radius 2 is 1.83 bits per heavy atom. The van der Waals surface area contributed by atoms with E-state index in [-0.39, 0.29) is 0 Å². The van der Waals surface area contributed by atoms with Gasteiger partial charge in [-0.1, -0.05) is 12.1 Å². The molecule has 0 aliphatic rings. The smallest absolute Gasteiger partial charge is 0.00693 e. The molecule has 0 saturated carbocycles. The van der Waals surface area contributed by atoms with Crippen molar-refractivity contribution < 1.29 is 0 Å². The van der Waals surface area contributed by atoms with Gasteiger partial charge in [0, 0.05) is 11.4 Å². The second-order valence-corrected chi connectivity index (χ2v) is 5.59. The third-order valence-corrected chi connectivity index (χ3v) is 3.90. The van der Waals surface area contributed by atoms with E-state index < -0.39 is 0 Å². The van der Waals surface area contributed by atoms with Crippen molar-refractivity contribution in [1.29, 1.82) is 0 Å². The second kappa shape index (κ2) is 9.42. The minimum atomic E-state index is 1.13. The van der Waals surface area contributed by atoms with Crippen LogP contribution in [0, 0.1) is 0 Å². The number of hydrogen-bond donors (Lipinski definition) is 1. The minimum Gasteiger partial charge on any atom is -0.320 e. The summed E-state index contributed by atoms with van der Waals surface area (Å²) in [7, 11) is 4.23. The van der Waals surface area contributed by atoms with Crippen molar-refractivity contribution in [3.05, 3.63) is 29.8 Å². The molecule has 0 fully saturated rings. The number of likely N-dealkylation sites (N-methyl/N-ethyl adjacent to an activating group) is 1. The highest BCUT2D eigenvalue weighted by molar-refractivity contribution is 7.98. The Kier molecular flexibility index (Phi) is 8.14. The van der Waals surface area contributed by atoms with Gasteiger partial charge < -0.3 is 10.2 Å². The molecule has 3 heteroatoms. The molecular weight excluding hydrogens is 240 g/mol. The standard InChI is InChI=1S/C15H26N2S/c1-16-11-4-5-12-17(2)13-10-14-6-8-15(18-3)9-7-14/h6-9,16H,4-5,10-13H2,1-3H3. The molecule has 1 N–H and O–H groups in total. The molecule has 2 nitrogen and oxygen atoms in total. The van der Waals surface area contributed by atoms with E-state index in [1.165, 1.54) is 29.8 Å². The molecule has 0 spiro atoms. The van der Waals surface area contributed by atoms with Gasteiger partial charge in [0.2, 0.25) is 0 Å². The van der Waals surface area contributed by atoms with Crippen LogP contribution in [0.15, 0.2) is 29.2 Å². The van der Waals surface area contributed by atoms with Gasteiger partial charge in [-0.15, -0.1) is 11.8 Å². The van der Waals surface area contributed by atoms with Crippen molar-refractivity contribution >= 4 is 11.8 Å². The lowest BCUT2D eigenvalue weighted by Gasteiger charge is -2.16.